The minimum Gasteiger partial charge on any atom is -0.462 e. The van der Waals surface area contributed by atoms with Crippen LogP contribution in [0.15, 0.2) is 51.7 Å². The molecule has 158 valence electrons. The van der Waals surface area contributed by atoms with Crippen molar-refractivity contribution < 1.29 is 18.7 Å². The summed E-state index contributed by atoms with van der Waals surface area (Å²) < 4.78 is 12.3. The smallest absolute Gasteiger partial charge is 0.343 e. The topological polar surface area (TPSA) is 99.2 Å². The molecule has 31 heavy (non-hydrogen) atoms. The van der Waals surface area contributed by atoms with E-state index in [1.165, 1.54) is 16.9 Å². The molecule has 3 aromatic heterocycles. The molecule has 4 aromatic rings. The Balaban J connectivity index is 1.84. The highest BCUT2D eigenvalue weighted by Crippen LogP contribution is 2.26. The van der Waals surface area contributed by atoms with E-state index in [9.17, 15) is 9.59 Å². The van der Waals surface area contributed by atoms with Crippen molar-refractivity contribution in [1.82, 2.24) is 14.8 Å². The largest absolute Gasteiger partial charge is 0.462 e. The third-order valence-corrected chi connectivity index (χ3v) is 5.17. The molecule has 1 aromatic carbocycles. The fraction of sp³-hybridized carbons (Fsp3) is 0.182. The van der Waals surface area contributed by atoms with Crippen LogP contribution in [0, 0.1) is 13.8 Å². The Hall–Kier alpha value is -3.46. The molecule has 9 heteroatoms. The van der Waals surface area contributed by atoms with Crippen LogP contribution in [0.4, 0.5) is 5.82 Å². The van der Waals surface area contributed by atoms with E-state index in [1.807, 2.05) is 38.1 Å². The fourth-order valence-corrected chi connectivity index (χ4v) is 3.56. The van der Waals surface area contributed by atoms with Gasteiger partial charge in [-0.05, 0) is 66.0 Å². The zero-order valence-electron chi connectivity index (χ0n) is 17.1. The number of aromatic nitrogens is 3. The summed E-state index contributed by atoms with van der Waals surface area (Å²) in [5.74, 6) is -0.445. The summed E-state index contributed by atoms with van der Waals surface area (Å²) in [5, 5.41) is 8.05. The van der Waals surface area contributed by atoms with Crippen LogP contribution < -0.4 is 5.32 Å². The summed E-state index contributed by atoms with van der Waals surface area (Å²) in [4.78, 5) is 30.0. The monoisotopic (exact) mass is 482 g/mol. The number of nitrogens with one attached hydrogen (secondary N) is 1. The van der Waals surface area contributed by atoms with Crippen LogP contribution in [0.3, 0.4) is 0 Å². The molecule has 4 rings (SSSR count). The van der Waals surface area contributed by atoms with Crippen molar-refractivity contribution in [1.29, 1.82) is 0 Å². The average molecular weight is 483 g/mol. The zero-order chi connectivity index (χ0) is 22.1. The van der Waals surface area contributed by atoms with Gasteiger partial charge in [-0.2, -0.15) is 9.78 Å². The van der Waals surface area contributed by atoms with Gasteiger partial charge in [0.05, 0.1) is 18.3 Å². The van der Waals surface area contributed by atoms with Gasteiger partial charge in [0.1, 0.15) is 5.56 Å². The van der Waals surface area contributed by atoms with Gasteiger partial charge in [-0.1, -0.05) is 18.2 Å². The van der Waals surface area contributed by atoms with Gasteiger partial charge in [-0.15, -0.1) is 0 Å². The van der Waals surface area contributed by atoms with Gasteiger partial charge in [0.15, 0.2) is 22.1 Å². The summed E-state index contributed by atoms with van der Waals surface area (Å²) in [6.07, 6.45) is 1.35. The van der Waals surface area contributed by atoms with Crippen LogP contribution in [0.1, 0.15) is 39.0 Å². The summed E-state index contributed by atoms with van der Waals surface area (Å²) in [5.41, 5.74) is 2.93. The van der Waals surface area contributed by atoms with Crippen LogP contribution in [-0.4, -0.2) is 33.2 Å². The molecule has 0 aliphatic heterocycles. The number of anilines is 1. The lowest BCUT2D eigenvalue weighted by atomic mass is 10.1. The Kier molecular flexibility index (Phi) is 5.60. The number of amides is 1. The van der Waals surface area contributed by atoms with Crippen LogP contribution in [0.5, 0.6) is 0 Å². The van der Waals surface area contributed by atoms with Gasteiger partial charge in [0, 0.05) is 5.39 Å². The quantitative estimate of drug-likeness (QED) is 0.409. The molecule has 3 heterocycles. The minimum absolute atomic E-state index is 0.0768. The highest BCUT2D eigenvalue weighted by atomic mass is 79.9. The number of benzene rings is 1. The van der Waals surface area contributed by atoms with Gasteiger partial charge < -0.3 is 14.5 Å². The lowest BCUT2D eigenvalue weighted by Crippen LogP contribution is -2.18. The predicted molar refractivity (Wildman–Crippen MR) is 119 cm³/mol. The molecular formula is C22H19BrN4O4. The maximum Gasteiger partial charge on any atom is 0.343 e. The number of furan rings is 1. The third kappa shape index (κ3) is 3.96. The number of rotatable bonds is 5. The number of hydrogen-bond donors (Lipinski definition) is 1. The van der Waals surface area contributed by atoms with Gasteiger partial charge in [-0.3, -0.25) is 4.79 Å². The van der Waals surface area contributed by atoms with Crippen molar-refractivity contribution in [2.24, 2.45) is 0 Å². The number of esters is 1. The van der Waals surface area contributed by atoms with E-state index in [2.05, 4.69) is 26.3 Å². The predicted octanol–water partition coefficient (Wildman–Crippen LogP) is 4.82. The number of para-hydroxylation sites is 1. The normalized spacial score (nSPS) is 11.0. The number of hydrogen-bond acceptors (Lipinski definition) is 6. The molecule has 1 N–H and O–H groups in total. The number of halogens is 1. The van der Waals surface area contributed by atoms with Crippen molar-refractivity contribution in [3.63, 3.8) is 0 Å². The fourth-order valence-electron chi connectivity index (χ4n) is 3.26. The maximum atomic E-state index is 12.7. The average Bonchev–Trinajstić information content (AvgIpc) is 3.35. The molecular weight excluding hydrogens is 464 g/mol. The number of fused-ring (bicyclic) bond motifs is 1. The van der Waals surface area contributed by atoms with Crippen molar-refractivity contribution in [3.8, 4) is 5.82 Å². The molecule has 0 aliphatic carbocycles. The van der Waals surface area contributed by atoms with Gasteiger partial charge in [-0.25, -0.2) is 9.78 Å². The molecule has 8 nitrogen and oxygen atoms in total. The maximum absolute atomic E-state index is 12.7. The highest BCUT2D eigenvalue weighted by molar-refractivity contribution is 9.10. The first-order chi connectivity index (χ1) is 14.9. The first kappa shape index (κ1) is 20.8. The van der Waals surface area contributed by atoms with E-state index in [0.29, 0.717) is 10.5 Å². The number of nitrogens with zero attached hydrogens (tertiary/aromatic N) is 3. The Morgan fingerprint density at radius 3 is 2.71 bits per heavy atom. The third-order valence-electron chi connectivity index (χ3n) is 4.75. The Morgan fingerprint density at radius 1 is 1.19 bits per heavy atom. The number of carbonyl (C=O) groups is 2. The second-order valence-electron chi connectivity index (χ2n) is 6.87. The van der Waals surface area contributed by atoms with Gasteiger partial charge in [0.2, 0.25) is 0 Å². The molecule has 0 unspecified atom stereocenters. The standard InChI is InChI=1S/C22H19BrN4O4/c1-4-30-22(29)15-11-24-27(20(15)26-21(28)16-8-9-17(23)31-16)18-10-13(3)14-7-5-6-12(2)19(14)25-18/h5-11H,4H2,1-3H3,(H,26,28). The lowest BCUT2D eigenvalue weighted by molar-refractivity contribution is 0.0527. The number of aryl methyl sites for hydroxylation is 2. The number of pyridine rings is 1. The lowest BCUT2D eigenvalue weighted by Gasteiger charge is -2.12. The first-order valence-corrected chi connectivity index (χ1v) is 10.4. The molecule has 0 spiro atoms. The van der Waals surface area contributed by atoms with Crippen molar-refractivity contribution in [3.05, 3.63) is 69.7 Å². The molecule has 0 radical (unpaired) electrons. The van der Waals surface area contributed by atoms with E-state index in [4.69, 9.17) is 14.1 Å². The molecule has 0 saturated carbocycles. The summed E-state index contributed by atoms with van der Waals surface area (Å²) in [6.45, 7) is 5.84. The molecule has 0 saturated heterocycles. The van der Waals surface area contributed by atoms with Gasteiger partial charge >= 0.3 is 5.97 Å². The van der Waals surface area contributed by atoms with E-state index < -0.39 is 11.9 Å². The van der Waals surface area contributed by atoms with E-state index in [1.54, 1.807) is 13.0 Å². The molecule has 0 atom stereocenters. The number of ether oxygens (including phenoxy) is 1. The Bertz CT molecular complexity index is 1310. The van der Waals surface area contributed by atoms with Crippen molar-refractivity contribution in [2.75, 3.05) is 11.9 Å². The van der Waals surface area contributed by atoms with Crippen molar-refractivity contribution >= 4 is 44.5 Å². The molecule has 0 bridgehead atoms. The second kappa shape index (κ2) is 8.35. The molecule has 0 fully saturated rings. The summed E-state index contributed by atoms with van der Waals surface area (Å²) in [6, 6.07) is 10.9. The zero-order valence-corrected chi connectivity index (χ0v) is 18.7. The van der Waals surface area contributed by atoms with Crippen molar-refractivity contribution in [2.45, 2.75) is 20.8 Å². The van der Waals surface area contributed by atoms with E-state index in [0.717, 1.165) is 22.0 Å². The minimum atomic E-state index is -0.599. The second-order valence-corrected chi connectivity index (χ2v) is 7.65. The Labute approximate surface area is 186 Å². The Morgan fingerprint density at radius 2 is 2.00 bits per heavy atom. The van der Waals surface area contributed by atoms with E-state index >= 15 is 0 Å². The number of carbonyl (C=O) groups excluding carboxylic acids is 2. The van der Waals surface area contributed by atoms with Crippen LogP contribution in [0.25, 0.3) is 16.7 Å². The molecule has 1 amide bonds. The van der Waals surface area contributed by atoms with Crippen LogP contribution in [-0.2, 0) is 4.74 Å². The van der Waals surface area contributed by atoms with Crippen LogP contribution >= 0.6 is 15.9 Å². The molecule has 0 aliphatic rings. The summed E-state index contributed by atoms with van der Waals surface area (Å²) in [7, 11) is 0. The van der Waals surface area contributed by atoms with E-state index in [-0.39, 0.29) is 23.7 Å². The first-order valence-electron chi connectivity index (χ1n) is 9.58. The summed E-state index contributed by atoms with van der Waals surface area (Å²) >= 11 is 3.18. The van der Waals surface area contributed by atoms with Gasteiger partial charge in [0.25, 0.3) is 5.91 Å². The SMILES string of the molecule is CCOC(=O)c1cnn(-c2cc(C)c3cccc(C)c3n2)c1NC(=O)c1ccc(Br)o1. The highest BCUT2D eigenvalue weighted by Gasteiger charge is 2.24. The van der Waals surface area contributed by atoms with Crippen LogP contribution in [0.2, 0.25) is 0 Å².